The smallest absolute Gasteiger partial charge is 0.243 e. The van der Waals surface area contributed by atoms with Crippen LogP contribution in [0.25, 0.3) is 0 Å². The van der Waals surface area contributed by atoms with Crippen LogP contribution in [0, 0.1) is 6.92 Å². The second-order valence-electron chi connectivity index (χ2n) is 6.88. The number of piperidine rings is 1. The highest BCUT2D eigenvalue weighted by atomic mass is 127. The van der Waals surface area contributed by atoms with Crippen molar-refractivity contribution >= 4 is 51.3 Å². The first kappa shape index (κ1) is 24.1. The van der Waals surface area contributed by atoms with Gasteiger partial charge in [0.2, 0.25) is 10.0 Å². The number of nitrogens with one attached hydrogen (secondary N) is 2. The topological polar surface area (TPSA) is 73.8 Å². The van der Waals surface area contributed by atoms with Gasteiger partial charge in [0, 0.05) is 31.6 Å². The van der Waals surface area contributed by atoms with E-state index in [9.17, 15) is 8.42 Å². The third-order valence-electron chi connectivity index (χ3n) is 4.96. The number of halogens is 1. The van der Waals surface area contributed by atoms with Gasteiger partial charge >= 0.3 is 0 Å². The number of rotatable bonds is 6. The van der Waals surface area contributed by atoms with Crippen LogP contribution in [0.15, 0.2) is 45.6 Å². The Morgan fingerprint density at radius 3 is 2.45 bits per heavy atom. The molecule has 0 unspecified atom stereocenters. The van der Waals surface area contributed by atoms with Gasteiger partial charge in [0.05, 0.1) is 11.4 Å². The zero-order chi connectivity index (χ0) is 20.0. The van der Waals surface area contributed by atoms with E-state index in [1.165, 1.54) is 10.4 Å². The molecule has 3 rings (SSSR count). The van der Waals surface area contributed by atoms with E-state index in [1.54, 1.807) is 34.8 Å². The molecule has 1 fully saturated rings. The maximum absolute atomic E-state index is 13.1. The Morgan fingerprint density at radius 2 is 1.79 bits per heavy atom. The van der Waals surface area contributed by atoms with Crippen LogP contribution in [0.5, 0.6) is 0 Å². The molecule has 0 radical (unpaired) electrons. The molecular weight excluding hydrogens is 519 g/mol. The van der Waals surface area contributed by atoms with Crippen LogP contribution in [-0.2, 0) is 23.1 Å². The van der Waals surface area contributed by atoms with Crippen molar-refractivity contribution in [3.8, 4) is 0 Å². The predicted octanol–water partition coefficient (Wildman–Crippen LogP) is 3.71. The van der Waals surface area contributed by atoms with Gasteiger partial charge in [-0.15, -0.1) is 35.3 Å². The van der Waals surface area contributed by atoms with Gasteiger partial charge < -0.3 is 10.6 Å². The normalized spacial score (nSPS) is 15.6. The molecule has 2 N–H and O–H groups in total. The minimum absolute atomic E-state index is 0. The summed E-state index contributed by atoms with van der Waals surface area (Å²) in [6.45, 7) is 4.38. The first-order chi connectivity index (χ1) is 13.5. The van der Waals surface area contributed by atoms with Gasteiger partial charge in [0.15, 0.2) is 5.96 Å². The molecule has 0 amide bonds. The number of nitrogens with zero attached hydrogens (tertiary/aromatic N) is 2. The number of guanidine groups is 1. The monoisotopic (exact) mass is 548 g/mol. The van der Waals surface area contributed by atoms with Crippen LogP contribution in [0.1, 0.15) is 35.3 Å². The number of aliphatic imine (C=N–C) groups is 1. The molecule has 9 heteroatoms. The zero-order valence-corrected chi connectivity index (χ0v) is 20.8. The fourth-order valence-corrected chi connectivity index (χ4v) is 5.88. The number of hydrogen-bond donors (Lipinski definition) is 2. The van der Waals surface area contributed by atoms with E-state index in [4.69, 9.17) is 0 Å². The Morgan fingerprint density at radius 1 is 1.10 bits per heavy atom. The van der Waals surface area contributed by atoms with Crippen molar-refractivity contribution in [3.05, 3.63) is 51.7 Å². The molecule has 29 heavy (non-hydrogen) atoms. The van der Waals surface area contributed by atoms with Crippen molar-refractivity contribution in [2.24, 2.45) is 4.99 Å². The van der Waals surface area contributed by atoms with E-state index >= 15 is 0 Å². The summed E-state index contributed by atoms with van der Waals surface area (Å²) in [5.74, 6) is 0.651. The molecule has 1 aliphatic heterocycles. The minimum Gasteiger partial charge on any atom is -0.352 e. The molecule has 6 nitrogen and oxygen atoms in total. The lowest BCUT2D eigenvalue weighted by Crippen LogP contribution is -2.38. The molecule has 0 atom stereocenters. The van der Waals surface area contributed by atoms with E-state index in [0.29, 0.717) is 37.0 Å². The molecule has 1 aromatic heterocycles. The summed E-state index contributed by atoms with van der Waals surface area (Å²) in [5, 5.41) is 8.61. The maximum atomic E-state index is 13.1. The lowest BCUT2D eigenvalue weighted by atomic mass is 10.2. The number of hydrogen-bond acceptors (Lipinski definition) is 4. The van der Waals surface area contributed by atoms with Crippen LogP contribution in [-0.4, -0.2) is 38.8 Å². The fraction of sp³-hybridized carbons (Fsp3) is 0.450. The molecule has 2 heterocycles. The molecule has 0 bridgehead atoms. The third-order valence-corrected chi connectivity index (χ3v) is 7.98. The zero-order valence-electron chi connectivity index (χ0n) is 16.8. The van der Waals surface area contributed by atoms with E-state index in [1.807, 2.05) is 12.1 Å². The van der Waals surface area contributed by atoms with E-state index in [-0.39, 0.29) is 24.0 Å². The molecule has 1 aliphatic rings. The summed E-state index contributed by atoms with van der Waals surface area (Å²) in [7, 11) is -1.75. The van der Waals surface area contributed by atoms with Crippen LogP contribution < -0.4 is 10.6 Å². The highest BCUT2D eigenvalue weighted by Gasteiger charge is 2.27. The van der Waals surface area contributed by atoms with Gasteiger partial charge in [0.25, 0.3) is 0 Å². The quantitative estimate of drug-likeness (QED) is 0.328. The second kappa shape index (κ2) is 11.3. The summed E-state index contributed by atoms with van der Waals surface area (Å²) < 4.78 is 27.8. The molecule has 0 aliphatic carbocycles. The van der Waals surface area contributed by atoms with Crippen LogP contribution in [0.4, 0.5) is 0 Å². The standard InChI is InChI=1S/C20H28N4O2S2.HI/c1-16-10-13-27-18(16)15-23-20(21-2)22-14-17-8-4-5-9-19(17)28(25,26)24-11-6-3-7-12-24;/h4-5,8-10,13H,3,6-7,11-12,14-15H2,1-2H3,(H2,21,22,23);1H. The van der Waals surface area contributed by atoms with Gasteiger partial charge in [-0.25, -0.2) is 8.42 Å². The molecule has 160 valence electrons. The Hall–Kier alpha value is -1.17. The van der Waals surface area contributed by atoms with Crippen molar-refractivity contribution in [1.29, 1.82) is 0 Å². The number of aryl methyl sites for hydroxylation is 1. The summed E-state index contributed by atoms with van der Waals surface area (Å²) in [5.41, 5.74) is 2.01. The van der Waals surface area contributed by atoms with Gasteiger partial charge in [-0.1, -0.05) is 24.6 Å². The lowest BCUT2D eigenvalue weighted by molar-refractivity contribution is 0.346. The highest BCUT2D eigenvalue weighted by molar-refractivity contribution is 14.0. The first-order valence-electron chi connectivity index (χ1n) is 9.58. The van der Waals surface area contributed by atoms with E-state index in [2.05, 4.69) is 34.0 Å². The molecule has 2 aromatic rings. The SMILES string of the molecule is CN=C(NCc1ccccc1S(=O)(=O)N1CCCCC1)NCc1sccc1C.I. The average molecular weight is 549 g/mol. The second-order valence-corrected chi connectivity index (χ2v) is 9.79. The van der Waals surface area contributed by atoms with Crippen molar-refractivity contribution in [1.82, 2.24) is 14.9 Å². The van der Waals surface area contributed by atoms with Crippen molar-refractivity contribution < 1.29 is 8.42 Å². The molecule has 0 saturated carbocycles. The largest absolute Gasteiger partial charge is 0.352 e. The van der Waals surface area contributed by atoms with Crippen LogP contribution in [0.2, 0.25) is 0 Å². The Bertz CT molecular complexity index is 922. The van der Waals surface area contributed by atoms with E-state index in [0.717, 1.165) is 24.8 Å². The summed E-state index contributed by atoms with van der Waals surface area (Å²) >= 11 is 1.71. The lowest BCUT2D eigenvalue weighted by Gasteiger charge is -2.27. The third kappa shape index (κ3) is 6.16. The molecule has 1 saturated heterocycles. The summed E-state index contributed by atoms with van der Waals surface area (Å²) in [6.07, 6.45) is 2.96. The first-order valence-corrected chi connectivity index (χ1v) is 11.9. The van der Waals surface area contributed by atoms with Gasteiger partial charge in [0.1, 0.15) is 0 Å². The van der Waals surface area contributed by atoms with Crippen LogP contribution >= 0.6 is 35.3 Å². The van der Waals surface area contributed by atoms with Crippen molar-refractivity contribution in [2.75, 3.05) is 20.1 Å². The highest BCUT2D eigenvalue weighted by Crippen LogP contribution is 2.23. The van der Waals surface area contributed by atoms with Gasteiger partial charge in [-0.05, 0) is 48.4 Å². The van der Waals surface area contributed by atoms with Gasteiger partial charge in [-0.2, -0.15) is 4.31 Å². The van der Waals surface area contributed by atoms with E-state index < -0.39 is 10.0 Å². The van der Waals surface area contributed by atoms with Crippen LogP contribution in [0.3, 0.4) is 0 Å². The minimum atomic E-state index is -3.47. The fourth-order valence-electron chi connectivity index (χ4n) is 3.29. The molecular formula is C20H29IN4O2S2. The van der Waals surface area contributed by atoms with Crippen molar-refractivity contribution in [2.45, 2.75) is 44.2 Å². The summed E-state index contributed by atoms with van der Waals surface area (Å²) in [6, 6.07) is 9.32. The molecule has 0 spiro atoms. The summed E-state index contributed by atoms with van der Waals surface area (Å²) in [4.78, 5) is 5.90. The van der Waals surface area contributed by atoms with Crippen molar-refractivity contribution in [3.63, 3.8) is 0 Å². The number of benzene rings is 1. The average Bonchev–Trinajstić information content (AvgIpc) is 3.14. The molecule has 1 aromatic carbocycles. The Kier molecular flexibility index (Phi) is 9.38. The maximum Gasteiger partial charge on any atom is 0.243 e. The Labute approximate surface area is 194 Å². The Balaban J connectivity index is 0.00000300. The predicted molar refractivity (Wildman–Crippen MR) is 131 cm³/mol. The number of sulfonamides is 1. The number of thiophene rings is 1. The van der Waals surface area contributed by atoms with Gasteiger partial charge in [-0.3, -0.25) is 4.99 Å².